The minimum atomic E-state index is -1.40. The monoisotopic (exact) mass is 666 g/mol. The van der Waals surface area contributed by atoms with Crippen LogP contribution < -0.4 is 25.7 Å². The van der Waals surface area contributed by atoms with Crippen molar-refractivity contribution in [1.29, 1.82) is 0 Å². The number of carboxylic acids is 1. The maximum atomic E-state index is 15.8. The van der Waals surface area contributed by atoms with Gasteiger partial charge in [0.05, 0.1) is 24.6 Å². The number of hydrogen-bond acceptors (Lipinski definition) is 7. The molecule has 1 aliphatic heterocycles. The second kappa shape index (κ2) is 14.0. The van der Waals surface area contributed by atoms with E-state index >= 15 is 8.78 Å². The molecule has 1 atom stereocenters. The van der Waals surface area contributed by atoms with Crippen LogP contribution in [0.25, 0.3) is 10.9 Å². The number of anilines is 1. The molecule has 1 aliphatic carbocycles. The molecule has 2 aliphatic rings. The molecule has 0 spiro atoms. The average molecular weight is 667 g/mol. The Morgan fingerprint density at radius 3 is 2.48 bits per heavy atom. The van der Waals surface area contributed by atoms with Crippen LogP contribution in [0.5, 0.6) is 5.75 Å². The summed E-state index contributed by atoms with van der Waals surface area (Å²) >= 11 is 0. The summed E-state index contributed by atoms with van der Waals surface area (Å²) in [6.45, 7) is 5.02. The van der Waals surface area contributed by atoms with E-state index in [0.717, 1.165) is 24.5 Å². The van der Waals surface area contributed by atoms with Gasteiger partial charge < -0.3 is 34.7 Å². The van der Waals surface area contributed by atoms with Crippen molar-refractivity contribution in [2.75, 3.05) is 31.6 Å². The first kappa shape index (κ1) is 34.4. The van der Waals surface area contributed by atoms with Gasteiger partial charge in [-0.15, -0.1) is 0 Å². The third-order valence-electron chi connectivity index (χ3n) is 8.27. The number of piperidine rings is 1. The van der Waals surface area contributed by atoms with Gasteiger partial charge in [0.1, 0.15) is 28.7 Å². The van der Waals surface area contributed by atoms with Crippen LogP contribution in [-0.2, 0) is 16.0 Å². The number of nitrogens with one attached hydrogen (secondary N) is 2. The lowest BCUT2D eigenvalue weighted by Gasteiger charge is -2.33. The fourth-order valence-corrected chi connectivity index (χ4v) is 5.93. The molecule has 0 radical (unpaired) electrons. The van der Waals surface area contributed by atoms with E-state index in [2.05, 4.69) is 10.6 Å². The van der Waals surface area contributed by atoms with Gasteiger partial charge in [0.25, 0.3) is 0 Å². The molecule has 1 unspecified atom stereocenters. The Morgan fingerprint density at radius 2 is 1.85 bits per heavy atom. The maximum Gasteiger partial charge on any atom is 0.408 e. The van der Waals surface area contributed by atoms with Crippen molar-refractivity contribution < 1.29 is 37.7 Å². The predicted molar refractivity (Wildman–Crippen MR) is 176 cm³/mol. The second-order valence-electron chi connectivity index (χ2n) is 13.1. The topological polar surface area (TPSA) is 139 Å². The zero-order valence-corrected chi connectivity index (χ0v) is 27.4. The van der Waals surface area contributed by atoms with Gasteiger partial charge in [-0.1, -0.05) is 30.3 Å². The van der Waals surface area contributed by atoms with Crippen molar-refractivity contribution in [2.45, 2.75) is 70.6 Å². The van der Waals surface area contributed by atoms with Gasteiger partial charge in [-0.25, -0.2) is 18.4 Å². The quantitative estimate of drug-likeness (QED) is 0.267. The molecule has 0 bridgehead atoms. The number of pyridine rings is 1. The summed E-state index contributed by atoms with van der Waals surface area (Å²) in [6.07, 6.45) is 3.02. The number of rotatable bonds is 10. The summed E-state index contributed by atoms with van der Waals surface area (Å²) < 4.78 is 44.2. The molecule has 2 aromatic carbocycles. The molecule has 3 N–H and O–H groups in total. The molecule has 3 aromatic rings. The van der Waals surface area contributed by atoms with E-state index in [0.29, 0.717) is 25.0 Å². The summed E-state index contributed by atoms with van der Waals surface area (Å²) in [4.78, 5) is 52.2. The number of carboxylic acid groups (broad SMARTS) is 1. The Balaban J connectivity index is 1.38. The van der Waals surface area contributed by atoms with E-state index in [-0.39, 0.29) is 41.3 Å². The van der Waals surface area contributed by atoms with E-state index in [1.807, 2.05) is 30.3 Å². The van der Waals surface area contributed by atoms with E-state index in [4.69, 9.17) is 9.47 Å². The molecule has 1 saturated carbocycles. The van der Waals surface area contributed by atoms with Crippen LogP contribution in [-0.4, -0.2) is 66.0 Å². The Morgan fingerprint density at radius 1 is 1.15 bits per heavy atom. The summed E-state index contributed by atoms with van der Waals surface area (Å²) in [6, 6.07) is 8.99. The number of alkyl carbamates (subject to hydrolysis) is 1. The van der Waals surface area contributed by atoms with E-state index < -0.39 is 58.8 Å². The molecule has 2 fully saturated rings. The van der Waals surface area contributed by atoms with E-state index in [1.54, 1.807) is 30.2 Å². The van der Waals surface area contributed by atoms with Gasteiger partial charge in [0.15, 0.2) is 11.6 Å². The van der Waals surface area contributed by atoms with Gasteiger partial charge in [-0.3, -0.25) is 9.59 Å². The molecule has 256 valence electrons. The number of ether oxygens (including phenoxy) is 2. The van der Waals surface area contributed by atoms with Crippen molar-refractivity contribution in [3.8, 4) is 5.75 Å². The number of aromatic carboxylic acids is 1. The van der Waals surface area contributed by atoms with Crippen LogP contribution in [0, 0.1) is 5.82 Å². The number of carbonyl (C=O) groups is 3. The Labute approximate surface area is 276 Å². The number of methoxy groups -OCH3 is 1. The fraction of sp³-hybridized carbons (Fsp3) is 0.429. The number of nitrogens with zero attached hydrogens (tertiary/aromatic N) is 2. The van der Waals surface area contributed by atoms with Gasteiger partial charge >= 0.3 is 12.1 Å². The highest BCUT2D eigenvalue weighted by Gasteiger charge is 2.32. The van der Waals surface area contributed by atoms with E-state index in [1.165, 1.54) is 13.3 Å². The standard InChI is InChI=1S/C35H40F2N4O7/c1-35(2,3)48-34(46)39-27(15-20-9-6-5-7-10-20)32(43)38-17-26(37)21-11-8-14-40(18-21)29-25(36)16-23-28(31(29)47-4)41(22-12-13-22)19-24(30(23)42)33(44)45/h5-7,9-10,16,19,22,27H,8,11-15,17-18H2,1-4H3,(H,38,43)(H,39,46)(H,44,45)/b26-21+. The largest absolute Gasteiger partial charge is 0.492 e. The van der Waals surface area contributed by atoms with Gasteiger partial charge in [0.2, 0.25) is 11.3 Å². The normalized spacial score (nSPS) is 16.7. The van der Waals surface area contributed by atoms with Crippen molar-refractivity contribution in [3.63, 3.8) is 0 Å². The fourth-order valence-electron chi connectivity index (χ4n) is 5.93. The first-order valence-electron chi connectivity index (χ1n) is 15.9. The van der Waals surface area contributed by atoms with Crippen LogP contribution in [0.1, 0.15) is 68.4 Å². The highest BCUT2D eigenvalue weighted by Crippen LogP contribution is 2.44. The Bertz CT molecular complexity index is 1810. The highest BCUT2D eigenvalue weighted by molar-refractivity contribution is 5.97. The van der Waals surface area contributed by atoms with Crippen molar-refractivity contribution in [1.82, 2.24) is 15.2 Å². The molecular weight excluding hydrogens is 626 g/mol. The summed E-state index contributed by atoms with van der Waals surface area (Å²) in [7, 11) is 1.35. The van der Waals surface area contributed by atoms with Crippen molar-refractivity contribution in [3.05, 3.63) is 81.2 Å². The molecule has 2 heterocycles. The summed E-state index contributed by atoms with van der Waals surface area (Å²) in [5.41, 5.74) is -0.589. The second-order valence-corrected chi connectivity index (χ2v) is 13.1. The van der Waals surface area contributed by atoms with E-state index in [9.17, 15) is 24.3 Å². The van der Waals surface area contributed by atoms with Gasteiger partial charge in [0, 0.05) is 31.7 Å². The average Bonchev–Trinajstić information content (AvgIpc) is 3.88. The number of carbonyl (C=O) groups excluding carboxylic acids is 2. The molecule has 1 saturated heterocycles. The van der Waals surface area contributed by atoms with Crippen LogP contribution in [0.15, 0.2) is 58.8 Å². The lowest BCUT2D eigenvalue weighted by Crippen LogP contribution is -2.49. The van der Waals surface area contributed by atoms with Crippen LogP contribution in [0.3, 0.4) is 0 Å². The molecular formula is C35H40F2N4O7. The number of hydrogen-bond donors (Lipinski definition) is 3. The minimum absolute atomic E-state index is 0.00897. The first-order chi connectivity index (χ1) is 22.8. The zero-order chi connectivity index (χ0) is 34.7. The Hall–Kier alpha value is -4.94. The SMILES string of the molecule is COc1c(N2CCC/C(=C(\F)CNC(=O)C(Cc3ccccc3)NC(=O)OC(C)(C)C)C2)c(F)cc2c(=O)c(C(=O)O)cn(C3CC3)c12. The zero-order valence-electron chi connectivity index (χ0n) is 27.4. The first-order valence-corrected chi connectivity index (χ1v) is 15.9. The third kappa shape index (κ3) is 7.77. The minimum Gasteiger partial charge on any atom is -0.492 e. The van der Waals surface area contributed by atoms with Crippen LogP contribution in [0.4, 0.5) is 19.3 Å². The van der Waals surface area contributed by atoms with Gasteiger partial charge in [-0.2, -0.15) is 0 Å². The van der Waals surface area contributed by atoms with Crippen molar-refractivity contribution in [2.24, 2.45) is 0 Å². The third-order valence-corrected chi connectivity index (χ3v) is 8.27. The summed E-state index contributed by atoms with van der Waals surface area (Å²) in [5, 5.41) is 14.7. The lowest BCUT2D eigenvalue weighted by molar-refractivity contribution is -0.123. The number of halogens is 2. The smallest absolute Gasteiger partial charge is 0.408 e. The number of benzene rings is 2. The predicted octanol–water partition coefficient (Wildman–Crippen LogP) is 5.26. The molecule has 48 heavy (non-hydrogen) atoms. The maximum absolute atomic E-state index is 15.8. The lowest BCUT2D eigenvalue weighted by atomic mass is 10.0. The molecule has 13 heteroatoms. The number of amides is 2. The van der Waals surface area contributed by atoms with Gasteiger partial charge in [-0.05, 0) is 63.7 Å². The Kier molecular flexibility index (Phi) is 10.1. The van der Waals surface area contributed by atoms with Crippen LogP contribution in [0.2, 0.25) is 0 Å². The molecule has 1 aromatic heterocycles. The molecule has 5 rings (SSSR count). The van der Waals surface area contributed by atoms with Crippen LogP contribution >= 0.6 is 0 Å². The highest BCUT2D eigenvalue weighted by atomic mass is 19.1. The molecule has 2 amide bonds. The van der Waals surface area contributed by atoms with Crippen molar-refractivity contribution >= 4 is 34.6 Å². The number of fused-ring (bicyclic) bond motifs is 1. The number of aromatic nitrogens is 1. The molecule has 11 nitrogen and oxygen atoms in total. The summed E-state index contributed by atoms with van der Waals surface area (Å²) in [5.74, 6) is -3.33.